The Morgan fingerprint density at radius 2 is 2.00 bits per heavy atom. The van der Waals surface area contributed by atoms with Gasteiger partial charge in [-0.3, -0.25) is 14.6 Å². The third kappa shape index (κ3) is 5.00. The quantitative estimate of drug-likeness (QED) is 0.751. The second kappa shape index (κ2) is 9.79. The Hall–Kier alpha value is -2.77. The summed E-state index contributed by atoms with van der Waals surface area (Å²) in [5, 5.41) is 3.00. The highest BCUT2D eigenvalue weighted by Crippen LogP contribution is 2.27. The van der Waals surface area contributed by atoms with Gasteiger partial charge in [0.05, 0.1) is 13.2 Å². The van der Waals surface area contributed by atoms with Crippen LogP contribution in [-0.4, -0.2) is 65.7 Å². The van der Waals surface area contributed by atoms with Gasteiger partial charge in [0.15, 0.2) is 5.60 Å². The standard InChI is InChI=1S/C25H31N3O4/c1-18(2)27-24(30)25(17-28(12-14-32-25)23(29)22-6-4-13-31-22)15-19-7-9-20(10-8-19)21-5-3-11-26-16-21/h3,5,7-11,16,18,22H,4,6,12-15,17H2,1-2H3,(H,27,30). The molecular formula is C25H31N3O4. The molecule has 1 N–H and O–H groups in total. The van der Waals surface area contributed by atoms with Crippen LogP contribution in [0.2, 0.25) is 0 Å². The van der Waals surface area contributed by atoms with Crippen LogP contribution in [0.1, 0.15) is 32.3 Å². The zero-order valence-corrected chi connectivity index (χ0v) is 18.8. The first-order chi connectivity index (χ1) is 15.5. The first kappa shape index (κ1) is 22.4. The van der Waals surface area contributed by atoms with Gasteiger partial charge in [0.1, 0.15) is 6.10 Å². The molecular weight excluding hydrogens is 406 g/mol. The molecule has 170 valence electrons. The monoisotopic (exact) mass is 437 g/mol. The summed E-state index contributed by atoms with van der Waals surface area (Å²) in [4.78, 5) is 32.2. The van der Waals surface area contributed by atoms with Gasteiger partial charge < -0.3 is 19.7 Å². The Balaban J connectivity index is 1.56. The van der Waals surface area contributed by atoms with Gasteiger partial charge in [-0.2, -0.15) is 0 Å². The molecule has 2 unspecified atom stereocenters. The lowest BCUT2D eigenvalue weighted by molar-refractivity contribution is -0.170. The second-order valence-electron chi connectivity index (χ2n) is 8.85. The molecule has 1 aromatic carbocycles. The van der Waals surface area contributed by atoms with E-state index in [-0.39, 0.29) is 24.4 Å². The molecule has 0 spiro atoms. The maximum Gasteiger partial charge on any atom is 0.254 e. The topological polar surface area (TPSA) is 80.8 Å². The van der Waals surface area contributed by atoms with E-state index in [1.165, 1.54) is 0 Å². The summed E-state index contributed by atoms with van der Waals surface area (Å²) in [5.41, 5.74) is 1.94. The molecule has 0 radical (unpaired) electrons. The largest absolute Gasteiger partial charge is 0.368 e. The molecule has 2 aliphatic rings. The summed E-state index contributed by atoms with van der Waals surface area (Å²) in [6.07, 6.45) is 5.18. The van der Waals surface area contributed by atoms with Gasteiger partial charge in [-0.15, -0.1) is 0 Å². The number of pyridine rings is 1. The van der Waals surface area contributed by atoms with Gasteiger partial charge >= 0.3 is 0 Å². The van der Waals surface area contributed by atoms with Gasteiger partial charge in [-0.05, 0) is 49.4 Å². The molecule has 2 aliphatic heterocycles. The molecule has 2 amide bonds. The minimum absolute atomic E-state index is 0.0276. The Labute approximate surface area is 189 Å². The van der Waals surface area contributed by atoms with Crippen molar-refractivity contribution >= 4 is 11.8 Å². The fraction of sp³-hybridized carbons (Fsp3) is 0.480. The van der Waals surface area contributed by atoms with Crippen molar-refractivity contribution in [2.75, 3.05) is 26.3 Å². The van der Waals surface area contributed by atoms with Crippen LogP contribution in [0.3, 0.4) is 0 Å². The van der Waals surface area contributed by atoms with Crippen molar-refractivity contribution in [1.82, 2.24) is 15.2 Å². The number of morpholine rings is 1. The fourth-order valence-electron chi connectivity index (χ4n) is 4.34. The van der Waals surface area contributed by atoms with Crippen molar-refractivity contribution < 1.29 is 19.1 Å². The predicted octanol–water partition coefficient (Wildman–Crippen LogP) is 2.59. The van der Waals surface area contributed by atoms with E-state index < -0.39 is 11.7 Å². The lowest BCUT2D eigenvalue weighted by Crippen LogP contribution is -2.63. The van der Waals surface area contributed by atoms with Crippen LogP contribution >= 0.6 is 0 Å². The van der Waals surface area contributed by atoms with Crippen molar-refractivity contribution in [2.45, 2.75) is 50.9 Å². The Morgan fingerprint density at radius 1 is 1.19 bits per heavy atom. The van der Waals surface area contributed by atoms with Crippen LogP contribution in [0.5, 0.6) is 0 Å². The van der Waals surface area contributed by atoms with Crippen LogP contribution in [-0.2, 0) is 25.5 Å². The lowest BCUT2D eigenvalue weighted by Gasteiger charge is -2.42. The molecule has 3 heterocycles. The highest BCUT2D eigenvalue weighted by molar-refractivity contribution is 5.88. The summed E-state index contributed by atoms with van der Waals surface area (Å²) >= 11 is 0. The fourth-order valence-corrected chi connectivity index (χ4v) is 4.34. The van der Waals surface area contributed by atoms with Crippen molar-refractivity contribution in [2.24, 2.45) is 0 Å². The van der Waals surface area contributed by atoms with Gasteiger partial charge in [-0.25, -0.2) is 0 Å². The molecule has 2 aromatic rings. The van der Waals surface area contributed by atoms with Gasteiger partial charge in [0.2, 0.25) is 0 Å². The number of hydrogen-bond acceptors (Lipinski definition) is 5. The Kier molecular flexibility index (Phi) is 6.86. The average molecular weight is 438 g/mol. The second-order valence-corrected chi connectivity index (χ2v) is 8.85. The van der Waals surface area contributed by atoms with Gasteiger partial charge in [-0.1, -0.05) is 30.3 Å². The minimum Gasteiger partial charge on any atom is -0.368 e. The molecule has 0 aliphatic carbocycles. The van der Waals surface area contributed by atoms with E-state index in [4.69, 9.17) is 9.47 Å². The summed E-state index contributed by atoms with van der Waals surface area (Å²) < 4.78 is 11.7. The lowest BCUT2D eigenvalue weighted by atomic mass is 9.90. The third-order valence-electron chi connectivity index (χ3n) is 5.97. The van der Waals surface area contributed by atoms with Crippen molar-refractivity contribution in [3.63, 3.8) is 0 Å². The molecule has 2 saturated heterocycles. The van der Waals surface area contributed by atoms with Gasteiger partial charge in [0, 0.05) is 38.0 Å². The maximum absolute atomic E-state index is 13.3. The Bertz CT molecular complexity index is 926. The number of carbonyl (C=O) groups excluding carboxylic acids is 2. The highest BCUT2D eigenvalue weighted by atomic mass is 16.5. The number of carbonyl (C=O) groups is 2. The molecule has 7 heteroatoms. The zero-order valence-electron chi connectivity index (χ0n) is 18.8. The molecule has 0 bridgehead atoms. The van der Waals surface area contributed by atoms with E-state index in [1.807, 2.05) is 56.4 Å². The predicted molar refractivity (Wildman–Crippen MR) is 121 cm³/mol. The first-order valence-corrected chi connectivity index (χ1v) is 11.3. The molecule has 2 atom stereocenters. The normalized spacial score (nSPS) is 23.3. The number of benzene rings is 1. The first-order valence-electron chi connectivity index (χ1n) is 11.3. The van der Waals surface area contributed by atoms with E-state index in [1.54, 1.807) is 11.1 Å². The van der Waals surface area contributed by atoms with E-state index in [0.29, 0.717) is 26.2 Å². The molecule has 0 saturated carbocycles. The van der Waals surface area contributed by atoms with Crippen molar-refractivity contribution in [3.05, 3.63) is 54.4 Å². The summed E-state index contributed by atoms with van der Waals surface area (Å²) in [6.45, 7) is 5.46. The van der Waals surface area contributed by atoms with Crippen LogP contribution in [0, 0.1) is 0 Å². The summed E-state index contributed by atoms with van der Waals surface area (Å²) in [5.74, 6) is -0.229. The number of hydrogen-bond donors (Lipinski definition) is 1. The Morgan fingerprint density at radius 3 is 2.66 bits per heavy atom. The third-order valence-corrected chi connectivity index (χ3v) is 5.97. The molecule has 4 rings (SSSR count). The summed E-state index contributed by atoms with van der Waals surface area (Å²) in [6, 6.07) is 12.0. The van der Waals surface area contributed by atoms with E-state index in [2.05, 4.69) is 10.3 Å². The van der Waals surface area contributed by atoms with Crippen LogP contribution in [0.4, 0.5) is 0 Å². The zero-order chi connectivity index (χ0) is 22.6. The number of amides is 2. The molecule has 32 heavy (non-hydrogen) atoms. The smallest absolute Gasteiger partial charge is 0.254 e. The minimum atomic E-state index is -1.13. The van der Waals surface area contributed by atoms with Crippen LogP contribution < -0.4 is 5.32 Å². The maximum atomic E-state index is 13.3. The number of rotatable bonds is 6. The highest BCUT2D eigenvalue weighted by Gasteiger charge is 2.46. The van der Waals surface area contributed by atoms with E-state index in [9.17, 15) is 9.59 Å². The van der Waals surface area contributed by atoms with E-state index in [0.717, 1.165) is 29.5 Å². The van der Waals surface area contributed by atoms with Crippen molar-refractivity contribution in [1.29, 1.82) is 0 Å². The average Bonchev–Trinajstić information content (AvgIpc) is 3.34. The number of ether oxygens (including phenoxy) is 2. The van der Waals surface area contributed by atoms with Crippen LogP contribution in [0.15, 0.2) is 48.8 Å². The number of nitrogens with one attached hydrogen (secondary N) is 1. The van der Waals surface area contributed by atoms with Gasteiger partial charge in [0.25, 0.3) is 11.8 Å². The number of nitrogens with zero attached hydrogens (tertiary/aromatic N) is 2. The van der Waals surface area contributed by atoms with Crippen LogP contribution in [0.25, 0.3) is 11.1 Å². The molecule has 2 fully saturated rings. The van der Waals surface area contributed by atoms with E-state index >= 15 is 0 Å². The summed E-state index contributed by atoms with van der Waals surface area (Å²) in [7, 11) is 0. The molecule has 7 nitrogen and oxygen atoms in total. The van der Waals surface area contributed by atoms with Crippen molar-refractivity contribution in [3.8, 4) is 11.1 Å². The SMILES string of the molecule is CC(C)NC(=O)C1(Cc2ccc(-c3cccnc3)cc2)CN(C(=O)C2CCCO2)CCO1. The molecule has 1 aromatic heterocycles. The number of aromatic nitrogens is 1.